The zero-order chi connectivity index (χ0) is 22.0. The first-order valence-corrected chi connectivity index (χ1v) is 9.80. The fraction of sp³-hybridized carbons (Fsp3) is 0.333. The third kappa shape index (κ3) is 4.19. The standard InChI is InChI=1S/C21H22N4O6/c26-10-6-16-18(28)19(29)20(31-16)24-9-5-17(27)25(21(24)30)12-14-11-13(4-8-22-14)15-3-1-2-7-23-15/h1-5,7-9,11,16,18-20,26,28-29H,6,10,12H2. The number of nitrogens with zero attached hydrogens (tertiary/aromatic N) is 4. The molecule has 1 saturated heterocycles. The van der Waals surface area contributed by atoms with Gasteiger partial charge >= 0.3 is 5.69 Å². The Morgan fingerprint density at radius 2 is 1.87 bits per heavy atom. The SMILES string of the molecule is O=c1ccn(C2OC(CCO)C(O)C2O)c(=O)n1Cc1cc(-c2ccccn2)ccn1. The van der Waals surface area contributed by atoms with Crippen LogP contribution in [-0.2, 0) is 11.3 Å². The lowest BCUT2D eigenvalue weighted by Gasteiger charge is -2.18. The van der Waals surface area contributed by atoms with Crippen LogP contribution in [0.5, 0.6) is 0 Å². The van der Waals surface area contributed by atoms with Gasteiger partial charge in [0.1, 0.15) is 12.2 Å². The van der Waals surface area contributed by atoms with Crippen molar-refractivity contribution in [2.24, 2.45) is 0 Å². The van der Waals surface area contributed by atoms with Gasteiger partial charge in [0.2, 0.25) is 0 Å². The molecule has 0 spiro atoms. The number of hydrogen-bond donors (Lipinski definition) is 3. The molecule has 0 saturated carbocycles. The second-order valence-electron chi connectivity index (χ2n) is 7.24. The van der Waals surface area contributed by atoms with E-state index in [-0.39, 0.29) is 19.6 Å². The maximum Gasteiger partial charge on any atom is 0.333 e. The fourth-order valence-electron chi connectivity index (χ4n) is 3.62. The quantitative estimate of drug-likeness (QED) is 0.480. The summed E-state index contributed by atoms with van der Waals surface area (Å²) in [6.45, 7) is -0.335. The number of hydrogen-bond acceptors (Lipinski definition) is 8. The average Bonchev–Trinajstić information content (AvgIpc) is 3.06. The summed E-state index contributed by atoms with van der Waals surface area (Å²) in [6.07, 6.45) is -0.0827. The van der Waals surface area contributed by atoms with Gasteiger partial charge in [-0.15, -0.1) is 0 Å². The van der Waals surface area contributed by atoms with E-state index in [1.807, 2.05) is 12.1 Å². The first kappa shape index (κ1) is 21.1. The van der Waals surface area contributed by atoms with Crippen molar-refractivity contribution in [3.05, 3.63) is 81.5 Å². The minimum atomic E-state index is -1.38. The van der Waals surface area contributed by atoms with Crippen LogP contribution in [0, 0.1) is 0 Å². The summed E-state index contributed by atoms with van der Waals surface area (Å²) in [7, 11) is 0. The molecule has 3 N–H and O–H groups in total. The zero-order valence-corrected chi connectivity index (χ0v) is 16.5. The van der Waals surface area contributed by atoms with Crippen molar-refractivity contribution in [3.8, 4) is 11.3 Å². The van der Waals surface area contributed by atoms with Gasteiger partial charge in [-0.25, -0.2) is 4.79 Å². The van der Waals surface area contributed by atoms with Gasteiger partial charge in [-0.05, 0) is 30.7 Å². The molecule has 1 aliphatic heterocycles. The van der Waals surface area contributed by atoms with Gasteiger partial charge in [0.15, 0.2) is 6.23 Å². The van der Waals surface area contributed by atoms with Crippen molar-refractivity contribution >= 4 is 0 Å². The first-order valence-electron chi connectivity index (χ1n) is 9.80. The van der Waals surface area contributed by atoms with Gasteiger partial charge in [-0.1, -0.05) is 6.07 Å². The van der Waals surface area contributed by atoms with Crippen molar-refractivity contribution in [1.82, 2.24) is 19.1 Å². The molecule has 3 aromatic rings. The van der Waals surface area contributed by atoms with Gasteiger partial charge in [-0.2, -0.15) is 0 Å². The third-order valence-corrected chi connectivity index (χ3v) is 5.22. The van der Waals surface area contributed by atoms with E-state index in [0.717, 1.165) is 20.4 Å². The van der Waals surface area contributed by atoms with E-state index in [0.29, 0.717) is 5.69 Å². The summed E-state index contributed by atoms with van der Waals surface area (Å²) in [6, 6.07) is 10.2. The number of rotatable bonds is 6. The lowest BCUT2D eigenvalue weighted by molar-refractivity contribution is -0.0458. The van der Waals surface area contributed by atoms with Crippen LogP contribution in [0.25, 0.3) is 11.3 Å². The highest BCUT2D eigenvalue weighted by Crippen LogP contribution is 2.29. The Morgan fingerprint density at radius 3 is 2.61 bits per heavy atom. The number of aliphatic hydroxyl groups is 3. The predicted molar refractivity (Wildman–Crippen MR) is 109 cm³/mol. The van der Waals surface area contributed by atoms with Crippen LogP contribution < -0.4 is 11.2 Å². The molecule has 4 rings (SSSR count). The van der Waals surface area contributed by atoms with E-state index in [1.165, 1.54) is 12.3 Å². The van der Waals surface area contributed by atoms with Gasteiger partial charge in [0.05, 0.1) is 24.0 Å². The molecule has 31 heavy (non-hydrogen) atoms. The molecule has 4 heterocycles. The molecule has 0 amide bonds. The largest absolute Gasteiger partial charge is 0.396 e. The molecule has 1 aliphatic rings. The van der Waals surface area contributed by atoms with Crippen LogP contribution in [0.3, 0.4) is 0 Å². The molecular formula is C21H22N4O6. The van der Waals surface area contributed by atoms with Gasteiger partial charge in [-0.3, -0.25) is 23.9 Å². The summed E-state index contributed by atoms with van der Waals surface area (Å²) in [5.41, 5.74) is 0.755. The Morgan fingerprint density at radius 1 is 1.03 bits per heavy atom. The van der Waals surface area contributed by atoms with Crippen molar-refractivity contribution in [2.75, 3.05) is 6.61 Å². The predicted octanol–water partition coefficient (Wildman–Crippen LogP) is -0.483. The van der Waals surface area contributed by atoms with Crippen molar-refractivity contribution in [1.29, 1.82) is 0 Å². The highest BCUT2D eigenvalue weighted by molar-refractivity contribution is 5.58. The highest BCUT2D eigenvalue weighted by Gasteiger charge is 2.43. The molecule has 0 aliphatic carbocycles. The molecule has 10 heteroatoms. The summed E-state index contributed by atoms with van der Waals surface area (Å²) in [4.78, 5) is 34.0. The minimum Gasteiger partial charge on any atom is -0.396 e. The number of aromatic nitrogens is 4. The topological polar surface area (TPSA) is 140 Å². The van der Waals surface area contributed by atoms with Crippen molar-refractivity contribution in [3.63, 3.8) is 0 Å². The molecule has 162 valence electrons. The molecule has 10 nitrogen and oxygen atoms in total. The van der Waals surface area contributed by atoms with Gasteiger partial charge in [0.25, 0.3) is 5.56 Å². The molecule has 3 aromatic heterocycles. The van der Waals surface area contributed by atoms with Crippen LogP contribution in [0.2, 0.25) is 0 Å². The Kier molecular flexibility index (Phi) is 6.05. The van der Waals surface area contributed by atoms with Crippen molar-refractivity contribution in [2.45, 2.75) is 37.5 Å². The second kappa shape index (κ2) is 8.90. The lowest BCUT2D eigenvalue weighted by atomic mass is 10.1. The normalized spacial score (nSPS) is 23.2. The van der Waals surface area contributed by atoms with Crippen molar-refractivity contribution < 1.29 is 20.1 Å². The Bertz CT molecular complexity index is 1160. The maximum absolute atomic E-state index is 13.0. The first-order chi connectivity index (χ1) is 15.0. The summed E-state index contributed by atoms with van der Waals surface area (Å²) in [5, 5.41) is 29.5. The maximum atomic E-state index is 13.0. The molecular weight excluding hydrogens is 404 g/mol. The number of aliphatic hydroxyl groups excluding tert-OH is 3. The second-order valence-corrected chi connectivity index (χ2v) is 7.24. The van der Waals surface area contributed by atoms with Crippen LogP contribution >= 0.6 is 0 Å². The van der Waals surface area contributed by atoms with Gasteiger partial charge < -0.3 is 20.1 Å². The molecule has 4 atom stereocenters. The lowest BCUT2D eigenvalue weighted by Crippen LogP contribution is -2.43. The Labute approximate surface area is 176 Å². The van der Waals surface area contributed by atoms with Gasteiger partial charge in [0, 0.05) is 36.8 Å². The molecule has 0 bridgehead atoms. The number of ether oxygens (including phenoxy) is 1. The summed E-state index contributed by atoms with van der Waals surface area (Å²) in [5.74, 6) is 0. The van der Waals surface area contributed by atoms with Crippen LogP contribution in [0.4, 0.5) is 0 Å². The number of pyridine rings is 2. The molecule has 0 radical (unpaired) electrons. The zero-order valence-electron chi connectivity index (χ0n) is 16.5. The third-order valence-electron chi connectivity index (χ3n) is 5.22. The van der Waals surface area contributed by atoms with E-state index in [9.17, 15) is 19.8 Å². The Hall–Kier alpha value is -3.18. The summed E-state index contributed by atoms with van der Waals surface area (Å²) >= 11 is 0. The van der Waals surface area contributed by atoms with E-state index in [2.05, 4.69) is 9.97 Å². The van der Waals surface area contributed by atoms with E-state index < -0.39 is 35.8 Å². The molecule has 0 aromatic carbocycles. The fourth-order valence-corrected chi connectivity index (χ4v) is 3.62. The van der Waals surface area contributed by atoms with E-state index >= 15 is 0 Å². The van der Waals surface area contributed by atoms with Crippen LogP contribution in [0.15, 0.2) is 64.6 Å². The van der Waals surface area contributed by atoms with Crippen LogP contribution in [-0.4, -0.2) is 59.3 Å². The summed E-state index contributed by atoms with van der Waals surface area (Å²) < 4.78 is 7.62. The van der Waals surface area contributed by atoms with E-state index in [1.54, 1.807) is 30.6 Å². The monoisotopic (exact) mass is 426 g/mol. The molecule has 4 unspecified atom stereocenters. The average molecular weight is 426 g/mol. The van der Waals surface area contributed by atoms with Crippen LogP contribution in [0.1, 0.15) is 18.3 Å². The highest BCUT2D eigenvalue weighted by atomic mass is 16.6. The Balaban J connectivity index is 1.65. The molecule has 1 fully saturated rings. The van der Waals surface area contributed by atoms with E-state index in [4.69, 9.17) is 9.84 Å². The minimum absolute atomic E-state index is 0.0926. The smallest absolute Gasteiger partial charge is 0.333 e.